The molecule has 0 radical (unpaired) electrons. The Hall–Kier alpha value is -3.87. The van der Waals surface area contributed by atoms with E-state index in [2.05, 4.69) is 36.3 Å². The summed E-state index contributed by atoms with van der Waals surface area (Å²) < 4.78 is 5.69. The summed E-state index contributed by atoms with van der Waals surface area (Å²) in [7, 11) is 7.13. The lowest BCUT2D eigenvalue weighted by molar-refractivity contribution is -0.117. The van der Waals surface area contributed by atoms with E-state index in [1.54, 1.807) is 18.3 Å². The Balaban J connectivity index is 1.70. The first-order valence-electron chi connectivity index (χ1n) is 11.6. The number of benzene rings is 1. The Labute approximate surface area is 210 Å². The van der Waals surface area contributed by atoms with Gasteiger partial charge in [-0.3, -0.25) is 9.59 Å². The van der Waals surface area contributed by atoms with Crippen LogP contribution in [0.3, 0.4) is 0 Å². The molecular formula is C21H27B3N8O4. The molecule has 36 heavy (non-hydrogen) atoms. The highest BCUT2D eigenvalue weighted by Gasteiger charge is 2.30. The van der Waals surface area contributed by atoms with Gasteiger partial charge in [0.05, 0.1) is 37.8 Å². The zero-order chi connectivity index (χ0) is 25.9. The van der Waals surface area contributed by atoms with Crippen LogP contribution in [0.5, 0.6) is 5.75 Å². The second-order valence-corrected chi connectivity index (χ2v) is 9.52. The molecule has 4 N–H and O–H groups in total. The predicted octanol–water partition coefficient (Wildman–Crippen LogP) is -1.93. The lowest BCUT2D eigenvalue weighted by Crippen LogP contribution is -2.50. The van der Waals surface area contributed by atoms with E-state index in [-0.39, 0.29) is 36.5 Å². The number of ether oxygens (including phenoxy) is 1. The molecule has 3 aromatic rings. The quantitative estimate of drug-likeness (QED) is 0.239. The molecule has 1 aliphatic rings. The highest BCUT2D eigenvalue weighted by atomic mass is 16.5. The molecule has 15 heteroatoms. The first-order valence-corrected chi connectivity index (χ1v) is 11.6. The molecule has 0 saturated heterocycles. The van der Waals surface area contributed by atoms with Crippen molar-refractivity contribution in [3.63, 3.8) is 0 Å². The van der Waals surface area contributed by atoms with Crippen LogP contribution in [0, 0.1) is 5.92 Å². The zero-order valence-electron chi connectivity index (χ0n) is 20.7. The molecule has 12 nitrogen and oxygen atoms in total. The van der Waals surface area contributed by atoms with Crippen LogP contribution >= 0.6 is 0 Å². The van der Waals surface area contributed by atoms with E-state index < -0.39 is 11.1 Å². The summed E-state index contributed by atoms with van der Waals surface area (Å²) in [6.07, 6.45) is 3.28. The number of nitrogens with one attached hydrogen (secondary N) is 3. The summed E-state index contributed by atoms with van der Waals surface area (Å²) in [5.74, 6) is 0.162. The molecule has 1 saturated carbocycles. The van der Waals surface area contributed by atoms with Crippen LogP contribution in [0.15, 0.2) is 30.5 Å². The van der Waals surface area contributed by atoms with E-state index in [1.807, 2.05) is 35.7 Å². The van der Waals surface area contributed by atoms with E-state index in [0.717, 1.165) is 12.8 Å². The Kier molecular flexibility index (Phi) is 7.29. The van der Waals surface area contributed by atoms with Gasteiger partial charge in [-0.2, -0.15) is 15.0 Å². The van der Waals surface area contributed by atoms with Crippen molar-refractivity contribution in [1.29, 1.82) is 0 Å². The summed E-state index contributed by atoms with van der Waals surface area (Å²) in [4.78, 5) is 26.7. The van der Waals surface area contributed by atoms with Gasteiger partial charge in [-0.25, -0.2) is 0 Å². The van der Waals surface area contributed by atoms with Gasteiger partial charge in [-0.05, 0) is 30.2 Å². The fourth-order valence-electron chi connectivity index (χ4n) is 3.51. The van der Waals surface area contributed by atoms with Crippen LogP contribution < -0.4 is 20.7 Å². The van der Waals surface area contributed by atoms with Gasteiger partial charge in [0, 0.05) is 17.5 Å². The second-order valence-electron chi connectivity index (χ2n) is 9.52. The number of rotatable bonds is 10. The Morgan fingerprint density at radius 1 is 1.22 bits per heavy atom. The summed E-state index contributed by atoms with van der Waals surface area (Å²) in [5, 5.41) is 34.3. The Morgan fingerprint density at radius 3 is 2.67 bits per heavy atom. The highest BCUT2D eigenvalue weighted by Crippen LogP contribution is 2.37. The highest BCUT2D eigenvalue weighted by molar-refractivity contribution is 6.60. The minimum atomic E-state index is -0.493. The number of aromatic nitrogens is 5. The molecule has 1 fully saturated rings. The first-order chi connectivity index (χ1) is 17.2. The maximum atomic E-state index is 13.0. The SMILES string of the molecule is BC(B)(B)NC(=O)c1nnc(NC(=O)C2CC2)cc1Nc1cccc(-c2cnn(CCO)n2)c1OC. The molecule has 184 valence electrons. The number of methoxy groups -OCH3 is 1. The largest absolute Gasteiger partial charge is 0.494 e. The van der Waals surface area contributed by atoms with Crippen molar-refractivity contribution in [2.24, 2.45) is 5.92 Å². The molecule has 0 unspecified atom stereocenters. The van der Waals surface area contributed by atoms with E-state index in [0.29, 0.717) is 28.4 Å². The van der Waals surface area contributed by atoms with Crippen molar-refractivity contribution in [2.45, 2.75) is 24.6 Å². The molecule has 1 aromatic carbocycles. The van der Waals surface area contributed by atoms with E-state index >= 15 is 0 Å². The number of amides is 2. The number of para-hydroxylation sites is 1. The number of aliphatic hydroxyl groups is 1. The van der Waals surface area contributed by atoms with Crippen LogP contribution in [0.4, 0.5) is 17.2 Å². The lowest BCUT2D eigenvalue weighted by atomic mass is 9.49. The van der Waals surface area contributed by atoms with E-state index in [9.17, 15) is 9.59 Å². The second kappa shape index (κ2) is 10.4. The minimum absolute atomic E-state index is 0.0110. The third kappa shape index (κ3) is 6.03. The van der Waals surface area contributed by atoms with Gasteiger partial charge >= 0.3 is 0 Å². The van der Waals surface area contributed by atoms with Crippen LogP contribution in [-0.2, 0) is 11.3 Å². The van der Waals surface area contributed by atoms with Gasteiger partial charge in [0.25, 0.3) is 5.91 Å². The molecule has 2 amide bonds. The average molecular weight is 488 g/mol. The molecule has 0 atom stereocenters. The number of carbonyl (C=O) groups is 2. The van der Waals surface area contributed by atoms with Crippen molar-refractivity contribution in [3.8, 4) is 17.0 Å². The molecule has 0 aliphatic heterocycles. The van der Waals surface area contributed by atoms with E-state index in [4.69, 9.17) is 9.84 Å². The standard InChI is InChI=1S/C21H27B3N8O4/c1-36-18-12(15-10-25-32(31-15)7-8-33)3-2-4-13(18)26-14-9-16(27-19(34)11-5-6-11)29-30-17(14)20(35)28-21(22,23)24/h2-4,9-11,33H,5-8,22-24H2,1H3,(H,28,35)(H2,26,27,29,34). The Morgan fingerprint density at radius 2 is 2.00 bits per heavy atom. The average Bonchev–Trinajstić information content (AvgIpc) is 3.57. The summed E-state index contributed by atoms with van der Waals surface area (Å²) in [6.45, 7) is 0.186. The maximum absolute atomic E-state index is 13.0. The van der Waals surface area contributed by atoms with Gasteiger partial charge < -0.3 is 25.8 Å². The number of carbonyl (C=O) groups excluding carboxylic acids is 2. The van der Waals surface area contributed by atoms with E-state index in [1.165, 1.54) is 11.9 Å². The molecule has 0 spiro atoms. The van der Waals surface area contributed by atoms with Crippen LogP contribution in [-0.4, -0.2) is 84.6 Å². The number of aliphatic hydroxyl groups excluding tert-OH is 1. The topological polar surface area (TPSA) is 156 Å². The van der Waals surface area contributed by atoms with Crippen LogP contribution in [0.1, 0.15) is 23.3 Å². The summed E-state index contributed by atoms with van der Waals surface area (Å²) in [5.41, 5.74) is 2.17. The number of anilines is 3. The predicted molar refractivity (Wildman–Crippen MR) is 142 cm³/mol. The Bertz CT molecular complexity index is 1280. The van der Waals surface area contributed by atoms with Gasteiger partial charge in [0.15, 0.2) is 17.3 Å². The van der Waals surface area contributed by atoms with Gasteiger partial charge in [-0.15, -0.1) is 10.2 Å². The summed E-state index contributed by atoms with van der Waals surface area (Å²) >= 11 is 0. The normalized spacial score (nSPS) is 13.2. The van der Waals surface area contributed by atoms with Crippen molar-refractivity contribution in [1.82, 2.24) is 30.5 Å². The smallest absolute Gasteiger partial charge is 0.272 e. The van der Waals surface area contributed by atoms with Gasteiger partial charge in [0.2, 0.25) is 5.91 Å². The number of nitrogens with zero attached hydrogens (tertiary/aromatic N) is 5. The fraction of sp³-hybridized carbons (Fsp3) is 0.333. The molecule has 2 aromatic heterocycles. The number of hydrogen-bond acceptors (Lipinski definition) is 9. The third-order valence-electron chi connectivity index (χ3n) is 5.30. The number of hydrogen-bond donors (Lipinski definition) is 4. The monoisotopic (exact) mass is 488 g/mol. The molecule has 1 aliphatic carbocycles. The first kappa shape index (κ1) is 25.2. The molecule has 2 heterocycles. The zero-order valence-corrected chi connectivity index (χ0v) is 20.7. The van der Waals surface area contributed by atoms with Crippen LogP contribution in [0.25, 0.3) is 11.3 Å². The third-order valence-corrected chi connectivity index (χ3v) is 5.30. The van der Waals surface area contributed by atoms with Gasteiger partial charge in [0.1, 0.15) is 29.2 Å². The molecule has 0 bridgehead atoms. The van der Waals surface area contributed by atoms with Crippen molar-refractivity contribution >= 4 is 52.5 Å². The van der Waals surface area contributed by atoms with Crippen LogP contribution in [0.2, 0.25) is 0 Å². The minimum Gasteiger partial charge on any atom is -0.494 e. The molecular weight excluding hydrogens is 461 g/mol. The summed E-state index contributed by atoms with van der Waals surface area (Å²) in [6, 6.07) is 7.00. The van der Waals surface area contributed by atoms with Gasteiger partial charge in [-0.1, -0.05) is 6.07 Å². The fourth-order valence-corrected chi connectivity index (χ4v) is 3.51. The van der Waals surface area contributed by atoms with Crippen molar-refractivity contribution < 1.29 is 19.4 Å². The molecule has 4 rings (SSSR count). The maximum Gasteiger partial charge on any atom is 0.272 e. The lowest BCUT2D eigenvalue weighted by Gasteiger charge is -2.22. The van der Waals surface area contributed by atoms with Crippen molar-refractivity contribution in [2.75, 3.05) is 24.4 Å². The van der Waals surface area contributed by atoms with Crippen molar-refractivity contribution in [3.05, 3.63) is 36.2 Å².